The summed E-state index contributed by atoms with van der Waals surface area (Å²) < 4.78 is 0. The molecule has 114 valence electrons. The molecule has 1 aliphatic heterocycles. The van der Waals surface area contributed by atoms with Gasteiger partial charge in [0, 0.05) is 18.0 Å². The lowest BCUT2D eigenvalue weighted by Crippen LogP contribution is -2.45. The molecule has 1 N–H and O–H groups in total. The minimum atomic E-state index is -0.403. The maximum absolute atomic E-state index is 12.6. The van der Waals surface area contributed by atoms with Crippen molar-refractivity contribution in [3.63, 3.8) is 0 Å². The molecule has 2 atom stereocenters. The smallest absolute Gasteiger partial charge is 0.245 e. The van der Waals surface area contributed by atoms with Gasteiger partial charge in [-0.1, -0.05) is 37.1 Å². The van der Waals surface area contributed by atoms with Crippen molar-refractivity contribution in [2.45, 2.75) is 45.2 Å². The maximum atomic E-state index is 12.6. The van der Waals surface area contributed by atoms with Crippen molar-refractivity contribution in [3.05, 3.63) is 34.9 Å². The number of halogens is 1. The number of nitrogens with one attached hydrogen (secondary N) is 1. The predicted molar refractivity (Wildman–Crippen MR) is 83.0 cm³/mol. The van der Waals surface area contributed by atoms with Crippen molar-refractivity contribution in [2.24, 2.45) is 0 Å². The van der Waals surface area contributed by atoms with E-state index in [1.165, 1.54) is 0 Å². The number of amides is 2. The van der Waals surface area contributed by atoms with Crippen LogP contribution in [0.5, 0.6) is 0 Å². The fourth-order valence-corrected chi connectivity index (χ4v) is 2.78. The first-order chi connectivity index (χ1) is 10.0. The van der Waals surface area contributed by atoms with Gasteiger partial charge in [-0.25, -0.2) is 0 Å². The van der Waals surface area contributed by atoms with E-state index < -0.39 is 6.04 Å². The molecule has 0 spiro atoms. The van der Waals surface area contributed by atoms with Crippen molar-refractivity contribution in [1.82, 2.24) is 10.2 Å². The number of rotatable bonds is 4. The molecular weight excluding hydrogens is 288 g/mol. The molecular formula is C16H21ClN2O2. The van der Waals surface area contributed by atoms with Gasteiger partial charge < -0.3 is 10.2 Å². The van der Waals surface area contributed by atoms with Gasteiger partial charge in [-0.3, -0.25) is 9.59 Å². The van der Waals surface area contributed by atoms with E-state index in [2.05, 4.69) is 5.32 Å². The van der Waals surface area contributed by atoms with Gasteiger partial charge in [0.2, 0.25) is 11.8 Å². The third-order valence-electron chi connectivity index (χ3n) is 3.89. The number of carbonyl (C=O) groups is 2. The van der Waals surface area contributed by atoms with Crippen LogP contribution in [0.2, 0.25) is 5.02 Å². The zero-order valence-corrected chi connectivity index (χ0v) is 13.2. The largest absolute Gasteiger partial charge is 0.344 e. The van der Waals surface area contributed by atoms with Gasteiger partial charge in [-0.2, -0.15) is 0 Å². The van der Waals surface area contributed by atoms with Crippen molar-refractivity contribution in [2.75, 3.05) is 6.54 Å². The van der Waals surface area contributed by atoms with E-state index in [1.54, 1.807) is 4.90 Å². The standard InChI is InChI=1S/C16H21ClN2O2/c1-3-4-14-16(21)19(10-9-15(20)18-14)11(2)12-5-7-13(17)8-6-12/h5-8,11,14H,3-4,9-10H2,1-2H3,(H,18,20). The molecule has 1 aromatic carbocycles. The molecule has 2 rings (SSSR count). The first-order valence-corrected chi connectivity index (χ1v) is 7.76. The molecule has 0 bridgehead atoms. The molecule has 4 nitrogen and oxygen atoms in total. The van der Waals surface area contributed by atoms with Crippen molar-refractivity contribution >= 4 is 23.4 Å². The maximum Gasteiger partial charge on any atom is 0.245 e. The average molecular weight is 309 g/mol. The quantitative estimate of drug-likeness (QED) is 0.929. The summed E-state index contributed by atoms with van der Waals surface area (Å²) in [7, 11) is 0. The highest BCUT2D eigenvalue weighted by molar-refractivity contribution is 6.30. The van der Waals surface area contributed by atoms with Gasteiger partial charge in [-0.05, 0) is 31.0 Å². The Morgan fingerprint density at radius 2 is 2.00 bits per heavy atom. The summed E-state index contributed by atoms with van der Waals surface area (Å²) in [4.78, 5) is 26.2. The lowest BCUT2D eigenvalue weighted by Gasteiger charge is -2.30. The van der Waals surface area contributed by atoms with Gasteiger partial charge in [0.05, 0.1) is 6.04 Å². The Hall–Kier alpha value is -1.55. The Morgan fingerprint density at radius 1 is 1.33 bits per heavy atom. The monoisotopic (exact) mass is 308 g/mol. The van der Waals surface area contributed by atoms with Crippen LogP contribution in [0.3, 0.4) is 0 Å². The summed E-state index contributed by atoms with van der Waals surface area (Å²) in [5, 5.41) is 3.50. The molecule has 0 radical (unpaired) electrons. The SMILES string of the molecule is CCCC1NC(=O)CCN(C(C)c2ccc(Cl)cc2)C1=O. The summed E-state index contributed by atoms with van der Waals surface area (Å²) in [6, 6.07) is 7.02. The van der Waals surface area contributed by atoms with E-state index in [4.69, 9.17) is 11.6 Å². The van der Waals surface area contributed by atoms with Crippen molar-refractivity contribution in [3.8, 4) is 0 Å². The van der Waals surface area contributed by atoms with Crippen LogP contribution < -0.4 is 5.32 Å². The Balaban J connectivity index is 2.21. The number of nitrogens with zero attached hydrogens (tertiary/aromatic N) is 1. The summed E-state index contributed by atoms with van der Waals surface area (Å²) in [5.74, 6) is -0.0437. The molecule has 2 unspecified atom stereocenters. The second-order valence-corrected chi connectivity index (χ2v) is 5.85. The summed E-state index contributed by atoms with van der Waals surface area (Å²) >= 11 is 5.91. The van der Waals surface area contributed by atoms with E-state index in [1.807, 2.05) is 38.1 Å². The number of carbonyl (C=O) groups excluding carboxylic acids is 2. The fourth-order valence-electron chi connectivity index (χ4n) is 2.65. The summed E-state index contributed by atoms with van der Waals surface area (Å²) in [6.45, 7) is 4.45. The molecule has 21 heavy (non-hydrogen) atoms. The van der Waals surface area contributed by atoms with Crippen LogP contribution in [0.15, 0.2) is 24.3 Å². The van der Waals surface area contributed by atoms with E-state index in [9.17, 15) is 9.59 Å². The van der Waals surface area contributed by atoms with Gasteiger partial charge >= 0.3 is 0 Å². The molecule has 1 aromatic rings. The van der Waals surface area contributed by atoms with Crippen LogP contribution in [-0.4, -0.2) is 29.3 Å². The molecule has 1 saturated heterocycles. The molecule has 5 heteroatoms. The first kappa shape index (κ1) is 15.8. The second kappa shape index (κ2) is 6.94. The van der Waals surface area contributed by atoms with E-state index in [0.29, 0.717) is 24.4 Å². The normalized spacial score (nSPS) is 20.9. The van der Waals surface area contributed by atoms with Gasteiger partial charge in [0.15, 0.2) is 0 Å². The Labute approximate surface area is 130 Å². The number of benzene rings is 1. The molecule has 0 aliphatic carbocycles. The van der Waals surface area contributed by atoms with Crippen LogP contribution in [-0.2, 0) is 9.59 Å². The van der Waals surface area contributed by atoms with Crippen LogP contribution in [0.1, 0.15) is 44.7 Å². The van der Waals surface area contributed by atoms with Crippen molar-refractivity contribution < 1.29 is 9.59 Å². The molecule has 0 aromatic heterocycles. The molecule has 1 fully saturated rings. The van der Waals surface area contributed by atoms with E-state index in [0.717, 1.165) is 12.0 Å². The number of hydrogen-bond acceptors (Lipinski definition) is 2. The minimum Gasteiger partial charge on any atom is -0.344 e. The van der Waals surface area contributed by atoms with Crippen LogP contribution in [0.25, 0.3) is 0 Å². The second-order valence-electron chi connectivity index (χ2n) is 5.42. The lowest BCUT2D eigenvalue weighted by molar-refractivity contribution is -0.135. The van der Waals surface area contributed by atoms with Gasteiger partial charge in [0.1, 0.15) is 6.04 Å². The lowest BCUT2D eigenvalue weighted by atomic mass is 10.0. The third-order valence-corrected chi connectivity index (χ3v) is 4.15. The minimum absolute atomic E-state index is 0.00477. The molecule has 1 aliphatic rings. The average Bonchev–Trinajstić information content (AvgIpc) is 2.60. The molecule has 0 saturated carbocycles. The van der Waals surface area contributed by atoms with E-state index in [-0.39, 0.29) is 17.9 Å². The Morgan fingerprint density at radius 3 is 2.62 bits per heavy atom. The summed E-state index contributed by atoms with van der Waals surface area (Å²) in [5.41, 5.74) is 1.03. The van der Waals surface area contributed by atoms with Crippen LogP contribution in [0.4, 0.5) is 0 Å². The topological polar surface area (TPSA) is 49.4 Å². The third kappa shape index (κ3) is 3.76. The van der Waals surface area contributed by atoms with E-state index >= 15 is 0 Å². The Kier molecular flexibility index (Phi) is 5.23. The fraction of sp³-hybridized carbons (Fsp3) is 0.500. The van der Waals surface area contributed by atoms with Gasteiger partial charge in [-0.15, -0.1) is 0 Å². The highest BCUT2D eigenvalue weighted by Crippen LogP contribution is 2.24. The van der Waals surface area contributed by atoms with Crippen molar-refractivity contribution in [1.29, 1.82) is 0 Å². The highest BCUT2D eigenvalue weighted by atomic mass is 35.5. The Bertz CT molecular complexity index is 516. The van der Waals surface area contributed by atoms with Crippen LogP contribution >= 0.6 is 11.6 Å². The zero-order valence-electron chi connectivity index (χ0n) is 12.4. The molecule has 2 amide bonds. The summed E-state index contributed by atoms with van der Waals surface area (Å²) in [6.07, 6.45) is 1.89. The zero-order chi connectivity index (χ0) is 15.4. The molecule has 1 heterocycles. The highest BCUT2D eigenvalue weighted by Gasteiger charge is 2.32. The number of hydrogen-bond donors (Lipinski definition) is 1. The predicted octanol–water partition coefficient (Wildman–Crippen LogP) is 2.92. The van der Waals surface area contributed by atoms with Crippen LogP contribution in [0, 0.1) is 0 Å². The first-order valence-electron chi connectivity index (χ1n) is 7.38. The van der Waals surface area contributed by atoms with Gasteiger partial charge in [0.25, 0.3) is 0 Å².